The second kappa shape index (κ2) is 9.24. The predicted octanol–water partition coefficient (Wildman–Crippen LogP) is 8.19. The minimum absolute atomic E-state index is 0.0487. The molecule has 0 bridgehead atoms. The molecule has 0 unspecified atom stereocenters. The van der Waals surface area contributed by atoms with Crippen molar-refractivity contribution in [2.75, 3.05) is 0 Å². The SMILES string of the molecule is Cc1cccc(C)c1N=B/C(=C\C(=Nc1c(C)cccc1C)C(C)(C)C)C(C)(C)C. The fourth-order valence-electron chi connectivity index (χ4n) is 3.26. The molecule has 2 nitrogen and oxygen atoms in total. The molecule has 0 aliphatic heterocycles. The Labute approximate surface area is 184 Å². The van der Waals surface area contributed by atoms with E-state index in [-0.39, 0.29) is 10.8 Å². The Kier molecular flexibility index (Phi) is 7.39. The number of hydrogen-bond donors (Lipinski definition) is 0. The molecule has 0 atom stereocenters. The van der Waals surface area contributed by atoms with Gasteiger partial charge in [-0.15, -0.1) is 0 Å². The van der Waals surface area contributed by atoms with Gasteiger partial charge in [0.15, 0.2) is 0 Å². The van der Waals surface area contributed by atoms with Crippen molar-refractivity contribution in [2.24, 2.45) is 20.7 Å². The first-order valence-electron chi connectivity index (χ1n) is 10.8. The Morgan fingerprint density at radius 3 is 1.53 bits per heavy atom. The quantitative estimate of drug-likeness (QED) is 0.365. The normalized spacial score (nSPS) is 13.7. The number of aliphatic imine (C=N–C) groups is 1. The average Bonchev–Trinajstić information content (AvgIpc) is 2.59. The zero-order valence-corrected chi connectivity index (χ0v) is 20.5. The van der Waals surface area contributed by atoms with Gasteiger partial charge in [0.1, 0.15) is 0 Å². The van der Waals surface area contributed by atoms with Crippen molar-refractivity contribution in [1.82, 2.24) is 0 Å². The maximum atomic E-state index is 5.15. The molecule has 0 N–H and O–H groups in total. The fraction of sp³-hybridized carbons (Fsp3) is 0.444. The second-order valence-corrected chi connectivity index (χ2v) is 10.3. The second-order valence-electron chi connectivity index (χ2n) is 10.3. The van der Waals surface area contributed by atoms with Crippen LogP contribution in [-0.4, -0.2) is 12.8 Å². The molecule has 0 saturated carbocycles. The molecule has 0 amide bonds. The van der Waals surface area contributed by atoms with Crippen LogP contribution in [0.3, 0.4) is 0 Å². The van der Waals surface area contributed by atoms with Gasteiger partial charge in [-0.1, -0.05) is 0 Å². The van der Waals surface area contributed by atoms with Gasteiger partial charge in [0.25, 0.3) is 0 Å². The summed E-state index contributed by atoms with van der Waals surface area (Å²) in [7, 11) is 2.03. The summed E-state index contributed by atoms with van der Waals surface area (Å²) in [5.74, 6) is 0. The number of benzene rings is 2. The van der Waals surface area contributed by atoms with Gasteiger partial charge in [-0.2, -0.15) is 0 Å². The maximum absolute atomic E-state index is 5.15. The third-order valence-corrected chi connectivity index (χ3v) is 5.37. The zero-order valence-electron chi connectivity index (χ0n) is 20.5. The van der Waals surface area contributed by atoms with E-state index in [2.05, 4.69) is 112 Å². The van der Waals surface area contributed by atoms with Crippen LogP contribution in [0.2, 0.25) is 0 Å². The summed E-state index contributed by atoms with van der Waals surface area (Å²) >= 11 is 0. The average molecular weight is 400 g/mol. The molecule has 0 saturated heterocycles. The van der Waals surface area contributed by atoms with Crippen molar-refractivity contribution in [1.29, 1.82) is 0 Å². The van der Waals surface area contributed by atoms with E-state index in [4.69, 9.17) is 9.89 Å². The summed E-state index contributed by atoms with van der Waals surface area (Å²) in [5, 5.41) is 0. The number of para-hydroxylation sites is 1. The van der Waals surface area contributed by atoms with Crippen LogP contribution in [0.15, 0.2) is 57.8 Å². The van der Waals surface area contributed by atoms with Gasteiger partial charge in [-0.25, -0.2) is 0 Å². The van der Waals surface area contributed by atoms with Crippen LogP contribution in [0.4, 0.5) is 11.4 Å². The van der Waals surface area contributed by atoms with E-state index in [9.17, 15) is 0 Å². The van der Waals surface area contributed by atoms with E-state index in [1.165, 1.54) is 27.7 Å². The Hall–Kier alpha value is -2.29. The summed E-state index contributed by atoms with van der Waals surface area (Å²) in [6.45, 7) is 21.8. The van der Waals surface area contributed by atoms with Crippen LogP contribution in [0, 0.1) is 38.5 Å². The van der Waals surface area contributed by atoms with Crippen molar-refractivity contribution >= 4 is 24.2 Å². The van der Waals surface area contributed by atoms with Crippen molar-refractivity contribution in [3.8, 4) is 0 Å². The number of allylic oxidation sites excluding steroid dienone is 2. The summed E-state index contributed by atoms with van der Waals surface area (Å²) < 4.78 is 0. The van der Waals surface area contributed by atoms with Crippen molar-refractivity contribution in [3.05, 3.63) is 70.2 Å². The van der Waals surface area contributed by atoms with Crippen LogP contribution in [0.1, 0.15) is 63.8 Å². The molecule has 2 aromatic rings. The topological polar surface area (TPSA) is 24.7 Å². The van der Waals surface area contributed by atoms with E-state index in [1.54, 1.807) is 0 Å². The van der Waals surface area contributed by atoms with Crippen LogP contribution in [-0.2, 0) is 0 Å². The molecule has 0 aromatic heterocycles. The van der Waals surface area contributed by atoms with Gasteiger partial charge in [0.05, 0.1) is 0 Å². The van der Waals surface area contributed by atoms with Crippen LogP contribution in [0.25, 0.3) is 0 Å². The molecule has 0 aliphatic carbocycles. The van der Waals surface area contributed by atoms with Gasteiger partial charge in [-0.05, 0) is 0 Å². The summed E-state index contributed by atoms with van der Waals surface area (Å²) in [4.78, 5) is 10.1. The van der Waals surface area contributed by atoms with Gasteiger partial charge < -0.3 is 0 Å². The van der Waals surface area contributed by atoms with Crippen LogP contribution in [0.5, 0.6) is 0 Å². The molecule has 2 rings (SSSR count). The van der Waals surface area contributed by atoms with E-state index in [0.717, 1.165) is 17.1 Å². The molecule has 158 valence electrons. The summed E-state index contributed by atoms with van der Waals surface area (Å²) in [5.41, 5.74) is 9.01. The molecule has 0 fully saturated rings. The van der Waals surface area contributed by atoms with Crippen molar-refractivity contribution in [2.45, 2.75) is 69.2 Å². The summed E-state index contributed by atoms with van der Waals surface area (Å²) in [6, 6.07) is 12.7. The van der Waals surface area contributed by atoms with Crippen LogP contribution < -0.4 is 0 Å². The number of rotatable bonds is 4. The van der Waals surface area contributed by atoms with E-state index in [0.29, 0.717) is 0 Å². The Balaban J connectivity index is 2.64. The molecular formula is C27H37BN2. The van der Waals surface area contributed by atoms with E-state index in [1.807, 2.05) is 7.07 Å². The fourth-order valence-corrected chi connectivity index (χ4v) is 3.26. The number of hydrogen-bond acceptors (Lipinski definition) is 2. The van der Waals surface area contributed by atoms with Gasteiger partial charge in [-0.3, -0.25) is 0 Å². The van der Waals surface area contributed by atoms with Gasteiger partial charge in [0, 0.05) is 0 Å². The molecule has 30 heavy (non-hydrogen) atoms. The molecule has 0 heterocycles. The Morgan fingerprint density at radius 1 is 0.700 bits per heavy atom. The minimum atomic E-state index is -0.0857. The molecule has 0 aliphatic rings. The third-order valence-electron chi connectivity index (χ3n) is 5.37. The Morgan fingerprint density at radius 2 is 1.13 bits per heavy atom. The predicted molar refractivity (Wildman–Crippen MR) is 134 cm³/mol. The summed E-state index contributed by atoms with van der Waals surface area (Å²) in [6.07, 6.45) is 2.24. The molecule has 3 heteroatoms. The van der Waals surface area contributed by atoms with Crippen molar-refractivity contribution in [3.63, 3.8) is 0 Å². The monoisotopic (exact) mass is 400 g/mol. The molecule has 0 radical (unpaired) electrons. The third kappa shape index (κ3) is 6.11. The first kappa shape index (κ1) is 24.0. The van der Waals surface area contributed by atoms with Gasteiger partial charge in [0.2, 0.25) is 0 Å². The first-order chi connectivity index (χ1) is 13.8. The van der Waals surface area contributed by atoms with Crippen LogP contribution >= 0.6 is 0 Å². The molecular weight excluding hydrogens is 363 g/mol. The van der Waals surface area contributed by atoms with E-state index < -0.39 is 0 Å². The van der Waals surface area contributed by atoms with E-state index >= 15 is 0 Å². The number of nitrogens with zero attached hydrogens (tertiary/aromatic N) is 2. The zero-order chi connectivity index (χ0) is 22.7. The van der Waals surface area contributed by atoms with Crippen molar-refractivity contribution < 1.29 is 0 Å². The van der Waals surface area contributed by atoms with Gasteiger partial charge >= 0.3 is 184 Å². The first-order valence-corrected chi connectivity index (χ1v) is 10.8. The Bertz CT molecular complexity index is 956. The number of aryl methyl sites for hydroxylation is 4. The molecule has 2 aromatic carbocycles. The molecule has 0 spiro atoms. The standard InChI is InChI=1S/C27H37BN2/c1-18-13-11-14-19(2)24(18)29-23(27(8,9)10)17-22(26(5,6)7)28-30-25-20(3)15-12-16-21(25)4/h11-17H,1-10H3/b22-17-,29-23?.